The van der Waals surface area contributed by atoms with Gasteiger partial charge in [-0.2, -0.15) is 0 Å². The van der Waals surface area contributed by atoms with E-state index in [4.69, 9.17) is 0 Å². The lowest BCUT2D eigenvalue weighted by Gasteiger charge is -2.11. The van der Waals surface area contributed by atoms with Crippen LogP contribution in [0.5, 0.6) is 0 Å². The van der Waals surface area contributed by atoms with Gasteiger partial charge in [0.15, 0.2) is 0 Å². The lowest BCUT2D eigenvalue weighted by molar-refractivity contribution is 0.600. The molecular formula is C13H11Br2NO2S. The maximum atomic E-state index is 12.3. The van der Waals surface area contributed by atoms with Crippen LogP contribution in [0.1, 0.15) is 5.56 Å². The predicted octanol–water partition coefficient (Wildman–Crippen LogP) is 4.32. The average molecular weight is 405 g/mol. The Kier molecular flexibility index (Phi) is 4.32. The second kappa shape index (κ2) is 5.64. The first-order chi connectivity index (χ1) is 8.90. The summed E-state index contributed by atoms with van der Waals surface area (Å²) in [4.78, 5) is 0.217. The number of hydrogen-bond donors (Lipinski definition) is 1. The molecule has 0 aliphatic rings. The molecule has 2 aromatic carbocycles. The van der Waals surface area contributed by atoms with Crippen LogP contribution in [0.15, 0.2) is 56.3 Å². The summed E-state index contributed by atoms with van der Waals surface area (Å²) < 4.78 is 28.5. The van der Waals surface area contributed by atoms with E-state index in [1.165, 1.54) is 0 Å². The van der Waals surface area contributed by atoms with E-state index >= 15 is 0 Å². The van der Waals surface area contributed by atoms with Gasteiger partial charge in [-0.1, -0.05) is 18.2 Å². The zero-order chi connectivity index (χ0) is 14.0. The average Bonchev–Trinajstić information content (AvgIpc) is 2.31. The number of nitrogens with one attached hydrogen (secondary N) is 1. The van der Waals surface area contributed by atoms with Crippen molar-refractivity contribution in [1.82, 2.24) is 0 Å². The Bertz CT molecular complexity index is 714. The Morgan fingerprint density at radius 1 is 1.00 bits per heavy atom. The number of sulfonamides is 1. The summed E-state index contributed by atoms with van der Waals surface area (Å²) in [6.07, 6.45) is 0. The zero-order valence-electron chi connectivity index (χ0n) is 10.0. The molecule has 0 fully saturated rings. The summed E-state index contributed by atoms with van der Waals surface area (Å²) >= 11 is 6.60. The molecule has 3 nitrogen and oxygen atoms in total. The number of hydrogen-bond acceptors (Lipinski definition) is 2. The van der Waals surface area contributed by atoms with Gasteiger partial charge < -0.3 is 0 Å². The first-order valence-corrected chi connectivity index (χ1v) is 8.50. The standard InChI is InChI=1S/C13H11Br2NO2S/c1-9-6-7-13(11(15)8-9)19(17,18)16-12-5-3-2-4-10(12)14/h2-8,16H,1H3. The third-order valence-electron chi connectivity index (χ3n) is 2.50. The van der Waals surface area contributed by atoms with Crippen LogP contribution in [-0.4, -0.2) is 8.42 Å². The van der Waals surface area contributed by atoms with E-state index < -0.39 is 10.0 Å². The van der Waals surface area contributed by atoms with Gasteiger partial charge in [0.25, 0.3) is 10.0 Å². The molecule has 0 radical (unpaired) electrons. The summed E-state index contributed by atoms with van der Waals surface area (Å²) in [5.74, 6) is 0. The van der Waals surface area contributed by atoms with E-state index in [1.54, 1.807) is 36.4 Å². The molecule has 1 N–H and O–H groups in total. The van der Waals surface area contributed by atoms with Gasteiger partial charge in [-0.3, -0.25) is 4.72 Å². The lowest BCUT2D eigenvalue weighted by atomic mass is 10.2. The van der Waals surface area contributed by atoms with Crippen LogP contribution < -0.4 is 4.72 Å². The fourth-order valence-electron chi connectivity index (χ4n) is 1.57. The molecule has 0 aliphatic heterocycles. The molecule has 0 unspecified atom stereocenters. The molecule has 6 heteroatoms. The van der Waals surface area contributed by atoms with Crippen molar-refractivity contribution in [3.05, 3.63) is 57.0 Å². The van der Waals surface area contributed by atoms with Gasteiger partial charge in [-0.05, 0) is 68.6 Å². The molecule has 0 saturated heterocycles. The predicted molar refractivity (Wildman–Crippen MR) is 83.8 cm³/mol. The van der Waals surface area contributed by atoms with E-state index in [2.05, 4.69) is 36.6 Å². The summed E-state index contributed by atoms with van der Waals surface area (Å²) in [6, 6.07) is 12.2. The van der Waals surface area contributed by atoms with Gasteiger partial charge in [0.05, 0.1) is 5.69 Å². The Labute approximate surface area is 129 Å². The van der Waals surface area contributed by atoms with Crippen molar-refractivity contribution in [2.45, 2.75) is 11.8 Å². The monoisotopic (exact) mass is 403 g/mol. The first-order valence-electron chi connectivity index (χ1n) is 5.43. The van der Waals surface area contributed by atoms with Crippen molar-refractivity contribution in [2.75, 3.05) is 4.72 Å². The summed E-state index contributed by atoms with van der Waals surface area (Å²) in [6.45, 7) is 1.91. The number of rotatable bonds is 3. The number of aryl methyl sites for hydroxylation is 1. The van der Waals surface area contributed by atoms with Crippen molar-refractivity contribution in [2.24, 2.45) is 0 Å². The highest BCUT2D eigenvalue weighted by molar-refractivity contribution is 9.11. The number of para-hydroxylation sites is 1. The summed E-state index contributed by atoms with van der Waals surface area (Å²) in [7, 11) is -3.61. The van der Waals surface area contributed by atoms with Crippen molar-refractivity contribution >= 4 is 47.6 Å². The van der Waals surface area contributed by atoms with Gasteiger partial charge >= 0.3 is 0 Å². The highest BCUT2D eigenvalue weighted by Gasteiger charge is 2.18. The maximum Gasteiger partial charge on any atom is 0.263 e. The van der Waals surface area contributed by atoms with Gasteiger partial charge in [-0.15, -0.1) is 0 Å². The summed E-state index contributed by atoms with van der Waals surface area (Å²) in [5, 5.41) is 0. The molecular weight excluding hydrogens is 394 g/mol. The highest BCUT2D eigenvalue weighted by atomic mass is 79.9. The minimum Gasteiger partial charge on any atom is -0.278 e. The van der Waals surface area contributed by atoms with Crippen LogP contribution in [0, 0.1) is 6.92 Å². The third-order valence-corrected chi connectivity index (χ3v) is 5.53. The number of anilines is 1. The van der Waals surface area contributed by atoms with Crippen molar-refractivity contribution < 1.29 is 8.42 Å². The van der Waals surface area contributed by atoms with Gasteiger partial charge in [-0.25, -0.2) is 8.42 Å². The molecule has 0 bridgehead atoms. The summed E-state index contributed by atoms with van der Waals surface area (Å²) in [5.41, 5.74) is 1.50. The van der Waals surface area contributed by atoms with Crippen LogP contribution >= 0.6 is 31.9 Å². The molecule has 0 heterocycles. The Morgan fingerprint density at radius 2 is 1.68 bits per heavy atom. The largest absolute Gasteiger partial charge is 0.278 e. The fourth-order valence-corrected chi connectivity index (χ4v) is 4.36. The van der Waals surface area contributed by atoms with E-state index in [-0.39, 0.29) is 4.90 Å². The molecule has 0 aliphatic carbocycles. The Hall–Kier alpha value is -0.850. The van der Waals surface area contributed by atoms with Crippen LogP contribution in [0.4, 0.5) is 5.69 Å². The second-order valence-electron chi connectivity index (χ2n) is 4.02. The SMILES string of the molecule is Cc1ccc(S(=O)(=O)Nc2ccccc2Br)c(Br)c1. The van der Waals surface area contributed by atoms with Crippen molar-refractivity contribution in [3.63, 3.8) is 0 Å². The highest BCUT2D eigenvalue weighted by Crippen LogP contribution is 2.28. The van der Waals surface area contributed by atoms with E-state index in [0.29, 0.717) is 14.6 Å². The normalized spacial score (nSPS) is 11.3. The van der Waals surface area contributed by atoms with Crippen molar-refractivity contribution in [1.29, 1.82) is 0 Å². The van der Waals surface area contributed by atoms with E-state index in [9.17, 15) is 8.42 Å². The first kappa shape index (κ1) is 14.6. The van der Waals surface area contributed by atoms with Crippen LogP contribution in [0.3, 0.4) is 0 Å². The lowest BCUT2D eigenvalue weighted by Crippen LogP contribution is -2.13. The molecule has 0 amide bonds. The molecule has 2 aromatic rings. The minimum atomic E-state index is -3.61. The molecule has 19 heavy (non-hydrogen) atoms. The fraction of sp³-hybridized carbons (Fsp3) is 0.0769. The van der Waals surface area contributed by atoms with Gasteiger partial charge in [0.2, 0.25) is 0 Å². The smallest absolute Gasteiger partial charge is 0.263 e. The van der Waals surface area contributed by atoms with Gasteiger partial charge in [0.1, 0.15) is 4.90 Å². The minimum absolute atomic E-state index is 0.217. The number of halogens is 2. The van der Waals surface area contributed by atoms with E-state index in [1.807, 2.05) is 13.0 Å². The Morgan fingerprint density at radius 3 is 2.32 bits per heavy atom. The van der Waals surface area contributed by atoms with Gasteiger partial charge in [0, 0.05) is 8.95 Å². The van der Waals surface area contributed by atoms with Crippen LogP contribution in [0.25, 0.3) is 0 Å². The zero-order valence-corrected chi connectivity index (χ0v) is 14.0. The number of benzene rings is 2. The van der Waals surface area contributed by atoms with Crippen LogP contribution in [-0.2, 0) is 10.0 Å². The van der Waals surface area contributed by atoms with Crippen molar-refractivity contribution in [3.8, 4) is 0 Å². The molecule has 2 rings (SSSR count). The molecule has 0 atom stereocenters. The molecule has 0 saturated carbocycles. The third kappa shape index (κ3) is 3.38. The topological polar surface area (TPSA) is 46.2 Å². The molecule has 0 spiro atoms. The molecule has 0 aromatic heterocycles. The second-order valence-corrected chi connectivity index (χ2v) is 7.38. The maximum absolute atomic E-state index is 12.3. The Balaban J connectivity index is 2.41. The van der Waals surface area contributed by atoms with Crippen LogP contribution in [0.2, 0.25) is 0 Å². The quantitative estimate of drug-likeness (QED) is 0.827. The molecule has 100 valence electrons. The van der Waals surface area contributed by atoms with E-state index in [0.717, 1.165) is 5.56 Å².